The minimum Gasteiger partial charge on any atom is -0.543 e. The van der Waals surface area contributed by atoms with Crippen molar-refractivity contribution in [2.75, 3.05) is 6.61 Å². The number of hydrogen-bond acceptors (Lipinski definition) is 4. The Morgan fingerprint density at radius 1 is 1.25 bits per heavy atom. The van der Waals surface area contributed by atoms with Gasteiger partial charge in [0.05, 0.1) is 18.3 Å². The summed E-state index contributed by atoms with van der Waals surface area (Å²) < 4.78 is 5.97. The highest BCUT2D eigenvalue weighted by Gasteiger charge is 2.10. The first-order valence-corrected chi connectivity index (χ1v) is 8.49. The molecule has 128 valence electrons. The number of halogens is 1. The highest BCUT2D eigenvalue weighted by molar-refractivity contribution is 6.30. The van der Waals surface area contributed by atoms with Crippen molar-refractivity contribution < 1.29 is 14.6 Å². The minimum absolute atomic E-state index is 0.0750. The summed E-state index contributed by atoms with van der Waals surface area (Å²) in [5.41, 5.74) is 1.44. The summed E-state index contributed by atoms with van der Waals surface area (Å²) in [4.78, 5) is 15.1. The van der Waals surface area contributed by atoms with E-state index in [-0.39, 0.29) is 5.69 Å². The number of hydrogen-bond donors (Lipinski definition) is 0. The zero-order valence-electron chi connectivity index (χ0n) is 13.9. The van der Waals surface area contributed by atoms with Gasteiger partial charge in [-0.3, -0.25) is 4.98 Å². The van der Waals surface area contributed by atoms with Crippen LogP contribution in [-0.2, 0) is 6.42 Å². The minimum atomic E-state index is -1.28. The molecule has 0 aliphatic carbocycles. The van der Waals surface area contributed by atoms with Crippen molar-refractivity contribution in [3.05, 3.63) is 58.4 Å². The van der Waals surface area contributed by atoms with Gasteiger partial charge in [0, 0.05) is 22.7 Å². The molecule has 24 heavy (non-hydrogen) atoms. The molecular formula is C19H21ClNO3-. The van der Waals surface area contributed by atoms with Crippen LogP contribution in [-0.4, -0.2) is 17.6 Å². The van der Waals surface area contributed by atoms with E-state index in [9.17, 15) is 9.90 Å². The molecule has 0 unspecified atom stereocenters. The Morgan fingerprint density at radius 2 is 2.00 bits per heavy atom. The molecule has 0 N–H and O–H groups in total. The lowest BCUT2D eigenvalue weighted by molar-refractivity contribution is -0.255. The molecule has 2 aromatic rings. The van der Waals surface area contributed by atoms with E-state index in [0.717, 1.165) is 24.2 Å². The monoisotopic (exact) mass is 346 g/mol. The molecule has 0 saturated carbocycles. The Labute approximate surface area is 147 Å². The zero-order valence-corrected chi connectivity index (χ0v) is 14.7. The Kier molecular flexibility index (Phi) is 6.62. The summed E-state index contributed by atoms with van der Waals surface area (Å²) in [6.07, 6.45) is 2.57. The molecular weight excluding hydrogens is 326 g/mol. The van der Waals surface area contributed by atoms with E-state index >= 15 is 0 Å². The predicted octanol–water partition coefficient (Wildman–Crippen LogP) is 3.50. The molecule has 0 atom stereocenters. The van der Waals surface area contributed by atoms with Gasteiger partial charge in [-0.2, -0.15) is 0 Å². The number of carboxylic acid groups (broad SMARTS) is 1. The van der Waals surface area contributed by atoms with Gasteiger partial charge in [0.2, 0.25) is 0 Å². The molecule has 1 heterocycles. The lowest BCUT2D eigenvalue weighted by atomic mass is 10.0. The maximum atomic E-state index is 11.0. The molecule has 5 heteroatoms. The average Bonchev–Trinajstić information content (AvgIpc) is 2.57. The standard InChI is InChI=1S/C19H22ClNO3/c1-3-13(4-2)12-24-18-9-8-15(20)10-14(18)11-16-6-5-7-17(21-16)19(22)23/h5-10,13H,3-4,11-12H2,1-2H3,(H,22,23)/p-1. The second-order valence-electron chi connectivity index (χ2n) is 5.72. The first kappa shape index (κ1) is 18.3. The van der Waals surface area contributed by atoms with Gasteiger partial charge in [0.1, 0.15) is 5.75 Å². The van der Waals surface area contributed by atoms with E-state index in [1.165, 1.54) is 6.07 Å². The first-order valence-electron chi connectivity index (χ1n) is 8.12. The fraction of sp³-hybridized carbons (Fsp3) is 0.368. The van der Waals surface area contributed by atoms with Crippen molar-refractivity contribution in [1.29, 1.82) is 0 Å². The highest BCUT2D eigenvalue weighted by Crippen LogP contribution is 2.26. The van der Waals surface area contributed by atoms with Crippen LogP contribution in [0.25, 0.3) is 0 Å². The molecule has 0 radical (unpaired) electrons. The number of carbonyl (C=O) groups excluding carboxylic acids is 1. The van der Waals surface area contributed by atoms with Crippen molar-refractivity contribution in [3.8, 4) is 5.75 Å². The van der Waals surface area contributed by atoms with Gasteiger partial charge in [-0.05, 0) is 36.2 Å². The van der Waals surface area contributed by atoms with Gasteiger partial charge in [-0.25, -0.2) is 0 Å². The fourth-order valence-corrected chi connectivity index (χ4v) is 2.64. The van der Waals surface area contributed by atoms with Crippen LogP contribution in [0, 0.1) is 5.92 Å². The summed E-state index contributed by atoms with van der Waals surface area (Å²) in [5, 5.41) is 11.6. The van der Waals surface area contributed by atoms with Crippen LogP contribution in [0.4, 0.5) is 0 Å². The van der Waals surface area contributed by atoms with Crippen LogP contribution in [0.2, 0.25) is 5.02 Å². The van der Waals surface area contributed by atoms with Crippen LogP contribution in [0.3, 0.4) is 0 Å². The fourth-order valence-electron chi connectivity index (χ4n) is 2.45. The molecule has 0 saturated heterocycles. The van der Waals surface area contributed by atoms with Crippen LogP contribution < -0.4 is 9.84 Å². The van der Waals surface area contributed by atoms with Crippen molar-refractivity contribution in [2.24, 2.45) is 5.92 Å². The second kappa shape index (κ2) is 8.69. The number of aromatic nitrogens is 1. The molecule has 0 bridgehead atoms. The Balaban J connectivity index is 2.21. The molecule has 0 aliphatic heterocycles. The SMILES string of the molecule is CCC(CC)COc1ccc(Cl)cc1Cc1cccc(C(=O)[O-])n1. The number of carboxylic acids is 1. The summed E-state index contributed by atoms with van der Waals surface area (Å²) in [6.45, 7) is 4.94. The quantitative estimate of drug-likeness (QED) is 0.733. The van der Waals surface area contributed by atoms with Crippen LogP contribution in [0.15, 0.2) is 36.4 Å². The molecule has 4 nitrogen and oxygen atoms in total. The highest BCUT2D eigenvalue weighted by atomic mass is 35.5. The molecule has 0 aliphatic rings. The average molecular weight is 347 g/mol. The van der Waals surface area contributed by atoms with Gasteiger partial charge in [-0.1, -0.05) is 44.4 Å². The largest absolute Gasteiger partial charge is 0.543 e. The topological polar surface area (TPSA) is 62.2 Å². The van der Waals surface area contributed by atoms with Crippen LogP contribution >= 0.6 is 11.6 Å². The number of benzene rings is 1. The van der Waals surface area contributed by atoms with E-state index in [0.29, 0.717) is 29.7 Å². The summed E-state index contributed by atoms with van der Waals surface area (Å²) in [5.74, 6) is -0.0202. The lowest BCUT2D eigenvalue weighted by Gasteiger charge is -2.16. The second-order valence-corrected chi connectivity index (χ2v) is 6.16. The van der Waals surface area contributed by atoms with E-state index < -0.39 is 5.97 Å². The summed E-state index contributed by atoms with van der Waals surface area (Å²) in [7, 11) is 0. The lowest BCUT2D eigenvalue weighted by Crippen LogP contribution is -2.23. The maximum absolute atomic E-state index is 11.0. The number of pyridine rings is 1. The zero-order chi connectivity index (χ0) is 17.5. The van der Waals surface area contributed by atoms with Gasteiger partial charge < -0.3 is 14.6 Å². The van der Waals surface area contributed by atoms with E-state index in [1.54, 1.807) is 18.2 Å². The Morgan fingerprint density at radius 3 is 2.67 bits per heavy atom. The third kappa shape index (κ3) is 4.96. The van der Waals surface area contributed by atoms with Crippen molar-refractivity contribution in [2.45, 2.75) is 33.1 Å². The number of aromatic carboxylic acids is 1. The van der Waals surface area contributed by atoms with E-state index in [1.807, 2.05) is 12.1 Å². The van der Waals surface area contributed by atoms with Gasteiger partial charge in [0.15, 0.2) is 0 Å². The van der Waals surface area contributed by atoms with Gasteiger partial charge in [0.25, 0.3) is 0 Å². The molecule has 0 spiro atoms. The third-order valence-electron chi connectivity index (χ3n) is 4.04. The molecule has 0 fully saturated rings. The third-order valence-corrected chi connectivity index (χ3v) is 4.27. The van der Waals surface area contributed by atoms with Crippen molar-refractivity contribution in [1.82, 2.24) is 4.98 Å². The Hall–Kier alpha value is -2.07. The normalized spacial score (nSPS) is 10.8. The maximum Gasteiger partial charge on any atom is 0.122 e. The van der Waals surface area contributed by atoms with Gasteiger partial charge >= 0.3 is 0 Å². The predicted molar refractivity (Wildman–Crippen MR) is 92.4 cm³/mol. The number of nitrogens with zero attached hydrogens (tertiary/aromatic N) is 1. The molecule has 0 amide bonds. The molecule has 1 aromatic carbocycles. The number of carbonyl (C=O) groups is 1. The molecule has 2 rings (SSSR count). The van der Waals surface area contributed by atoms with Crippen LogP contribution in [0.5, 0.6) is 5.75 Å². The Bertz CT molecular complexity index is 699. The number of rotatable bonds is 8. The summed E-state index contributed by atoms with van der Waals surface area (Å²) >= 11 is 6.10. The number of ether oxygens (including phenoxy) is 1. The van der Waals surface area contributed by atoms with E-state index in [2.05, 4.69) is 18.8 Å². The molecule has 1 aromatic heterocycles. The van der Waals surface area contributed by atoms with Crippen molar-refractivity contribution in [3.63, 3.8) is 0 Å². The van der Waals surface area contributed by atoms with Crippen LogP contribution in [0.1, 0.15) is 48.4 Å². The first-order chi connectivity index (χ1) is 11.5. The summed E-state index contributed by atoms with van der Waals surface area (Å²) in [6, 6.07) is 10.3. The smallest absolute Gasteiger partial charge is 0.122 e. The van der Waals surface area contributed by atoms with Gasteiger partial charge in [-0.15, -0.1) is 0 Å². The van der Waals surface area contributed by atoms with E-state index in [4.69, 9.17) is 16.3 Å². The van der Waals surface area contributed by atoms with Crippen molar-refractivity contribution >= 4 is 17.6 Å².